The second-order valence-corrected chi connectivity index (χ2v) is 8.59. The Morgan fingerprint density at radius 2 is 2.21 bits per heavy atom. The Morgan fingerprint density at radius 1 is 1.36 bits per heavy atom. The van der Waals surface area contributed by atoms with Crippen LogP contribution in [-0.4, -0.2) is 31.1 Å². The second kappa shape index (κ2) is 8.28. The number of rotatable bonds is 5. The number of aromatic nitrogens is 1. The van der Waals surface area contributed by atoms with Crippen LogP contribution >= 0.6 is 22.7 Å². The second-order valence-electron chi connectivity index (χ2n) is 6.73. The predicted octanol–water partition coefficient (Wildman–Crippen LogP) is 3.26. The highest BCUT2D eigenvalue weighted by atomic mass is 32.1. The molecular formula is C20H21N3O3S2. The first-order chi connectivity index (χ1) is 13.7. The fourth-order valence-corrected chi connectivity index (χ4v) is 5.21. The lowest BCUT2D eigenvalue weighted by atomic mass is 9.97. The van der Waals surface area contributed by atoms with Crippen LogP contribution in [0.4, 0.5) is 5.13 Å². The fourth-order valence-electron chi connectivity index (χ4n) is 3.47. The van der Waals surface area contributed by atoms with Gasteiger partial charge in [0.05, 0.1) is 18.5 Å². The van der Waals surface area contributed by atoms with Gasteiger partial charge in [0, 0.05) is 25.2 Å². The molecule has 8 heteroatoms. The van der Waals surface area contributed by atoms with Crippen LogP contribution in [0.3, 0.4) is 0 Å². The third-order valence-electron chi connectivity index (χ3n) is 4.94. The first-order valence-electron chi connectivity index (χ1n) is 9.18. The van der Waals surface area contributed by atoms with E-state index >= 15 is 0 Å². The van der Waals surface area contributed by atoms with E-state index in [1.54, 1.807) is 7.11 Å². The molecule has 1 N–H and O–H groups in total. The van der Waals surface area contributed by atoms with Gasteiger partial charge in [-0.3, -0.25) is 9.59 Å². The number of amides is 1. The summed E-state index contributed by atoms with van der Waals surface area (Å²) in [4.78, 5) is 31.7. The first kappa shape index (κ1) is 18.9. The largest absolute Gasteiger partial charge is 0.496 e. The van der Waals surface area contributed by atoms with Crippen LogP contribution in [-0.2, 0) is 11.3 Å². The summed E-state index contributed by atoms with van der Waals surface area (Å²) in [7, 11) is 1.63. The monoisotopic (exact) mass is 415 g/mol. The lowest BCUT2D eigenvalue weighted by Crippen LogP contribution is -2.43. The molecular weight excluding hydrogens is 394 g/mol. The van der Waals surface area contributed by atoms with Gasteiger partial charge in [-0.2, -0.15) is 0 Å². The number of piperidine rings is 1. The lowest BCUT2D eigenvalue weighted by Gasteiger charge is -2.32. The minimum absolute atomic E-state index is 0.0274. The van der Waals surface area contributed by atoms with Crippen LogP contribution in [0.2, 0.25) is 0 Å². The number of hydrogen-bond acceptors (Lipinski definition) is 7. The number of anilines is 1. The molecule has 2 aromatic heterocycles. The Balaban J connectivity index is 1.44. The minimum Gasteiger partial charge on any atom is -0.496 e. The maximum atomic E-state index is 12.7. The molecule has 146 valence electrons. The van der Waals surface area contributed by atoms with E-state index in [9.17, 15) is 9.59 Å². The Hall–Kier alpha value is -2.45. The molecule has 3 heterocycles. The van der Waals surface area contributed by atoms with Gasteiger partial charge in [0.2, 0.25) is 5.91 Å². The van der Waals surface area contributed by atoms with Crippen LogP contribution < -0.4 is 19.7 Å². The summed E-state index contributed by atoms with van der Waals surface area (Å²) in [6.07, 6.45) is 1.74. The number of carbonyl (C=O) groups excluding carboxylic acids is 1. The van der Waals surface area contributed by atoms with Gasteiger partial charge in [-0.05, 0) is 30.4 Å². The summed E-state index contributed by atoms with van der Waals surface area (Å²) in [5.41, 5.74) is 1.69. The van der Waals surface area contributed by atoms with E-state index in [1.165, 1.54) is 22.7 Å². The van der Waals surface area contributed by atoms with E-state index in [4.69, 9.17) is 4.74 Å². The van der Waals surface area contributed by atoms with Gasteiger partial charge in [0.15, 0.2) is 5.13 Å². The first-order valence-corrected chi connectivity index (χ1v) is 10.9. The molecule has 6 nitrogen and oxygen atoms in total. The van der Waals surface area contributed by atoms with Crippen molar-refractivity contribution in [3.8, 4) is 5.75 Å². The van der Waals surface area contributed by atoms with E-state index in [0.29, 0.717) is 22.9 Å². The molecule has 3 aromatic rings. The van der Waals surface area contributed by atoms with Crippen molar-refractivity contribution in [2.45, 2.75) is 19.4 Å². The number of ether oxygens (including phenoxy) is 1. The van der Waals surface area contributed by atoms with Crippen LogP contribution in [0.25, 0.3) is 10.2 Å². The van der Waals surface area contributed by atoms with Gasteiger partial charge in [0.1, 0.15) is 10.4 Å². The Labute approximate surface area is 170 Å². The molecule has 1 saturated heterocycles. The molecule has 0 aliphatic carbocycles. The highest BCUT2D eigenvalue weighted by Gasteiger charge is 2.27. The van der Waals surface area contributed by atoms with Crippen molar-refractivity contribution >= 4 is 43.9 Å². The molecule has 0 spiro atoms. The zero-order valence-corrected chi connectivity index (χ0v) is 17.1. The van der Waals surface area contributed by atoms with Crippen molar-refractivity contribution in [2.24, 2.45) is 5.92 Å². The molecule has 1 fully saturated rings. The Kier molecular flexibility index (Phi) is 5.59. The molecule has 1 aromatic carbocycles. The van der Waals surface area contributed by atoms with Gasteiger partial charge in [0.25, 0.3) is 4.74 Å². The number of fused-ring (bicyclic) bond motifs is 1. The van der Waals surface area contributed by atoms with Crippen molar-refractivity contribution in [1.82, 2.24) is 10.3 Å². The molecule has 0 unspecified atom stereocenters. The van der Waals surface area contributed by atoms with Gasteiger partial charge in [-0.25, -0.2) is 4.98 Å². The maximum Gasteiger partial charge on any atom is 0.255 e. The Morgan fingerprint density at radius 3 is 3.07 bits per heavy atom. The molecule has 1 atom stereocenters. The number of nitrogens with zero attached hydrogens (tertiary/aromatic N) is 2. The van der Waals surface area contributed by atoms with Gasteiger partial charge >= 0.3 is 0 Å². The minimum atomic E-state index is -0.120. The summed E-state index contributed by atoms with van der Waals surface area (Å²) >= 11 is 2.59. The molecule has 1 aliphatic heterocycles. The van der Waals surface area contributed by atoms with Crippen molar-refractivity contribution in [2.75, 3.05) is 25.1 Å². The van der Waals surface area contributed by atoms with E-state index in [1.807, 2.05) is 35.7 Å². The van der Waals surface area contributed by atoms with E-state index in [-0.39, 0.29) is 16.6 Å². The molecule has 0 radical (unpaired) electrons. The van der Waals surface area contributed by atoms with Crippen LogP contribution in [0.5, 0.6) is 5.75 Å². The molecule has 1 amide bonds. The number of carbonyl (C=O) groups is 1. The molecule has 1 aliphatic rings. The van der Waals surface area contributed by atoms with Gasteiger partial charge in [-0.15, -0.1) is 11.3 Å². The van der Waals surface area contributed by atoms with Crippen molar-refractivity contribution in [3.05, 3.63) is 50.8 Å². The van der Waals surface area contributed by atoms with Gasteiger partial charge < -0.3 is 15.0 Å². The van der Waals surface area contributed by atoms with E-state index < -0.39 is 0 Å². The standard InChI is InChI=1S/C20H21N3O3S2/c1-26-16-7-3-2-5-13(16)11-21-18(24)14-6-4-9-23(12-14)20-22-15-8-10-27-17(15)19(25)28-20/h2-3,5,7-8,10,14H,4,6,9,11-12H2,1H3,(H,21,24)/t14-/m1/s1. The summed E-state index contributed by atoms with van der Waals surface area (Å²) < 4.78 is 6.09. The maximum absolute atomic E-state index is 12.7. The summed E-state index contributed by atoms with van der Waals surface area (Å²) in [5, 5.41) is 5.62. The van der Waals surface area contributed by atoms with Crippen LogP contribution in [0.1, 0.15) is 18.4 Å². The normalized spacial score (nSPS) is 16.9. The van der Waals surface area contributed by atoms with Crippen molar-refractivity contribution < 1.29 is 9.53 Å². The third kappa shape index (κ3) is 3.88. The number of para-hydroxylation sites is 1. The smallest absolute Gasteiger partial charge is 0.255 e. The van der Waals surface area contributed by atoms with E-state index in [2.05, 4.69) is 15.2 Å². The molecule has 4 rings (SSSR count). The zero-order chi connectivity index (χ0) is 19.5. The fraction of sp³-hybridized carbons (Fsp3) is 0.350. The highest BCUT2D eigenvalue weighted by Crippen LogP contribution is 2.27. The molecule has 0 bridgehead atoms. The summed E-state index contributed by atoms with van der Waals surface area (Å²) in [5.74, 6) is 0.677. The van der Waals surface area contributed by atoms with Crippen LogP contribution in [0.15, 0.2) is 40.5 Å². The van der Waals surface area contributed by atoms with Crippen molar-refractivity contribution in [3.63, 3.8) is 0 Å². The highest BCUT2D eigenvalue weighted by molar-refractivity contribution is 7.21. The molecule has 0 saturated carbocycles. The number of benzene rings is 1. The number of hydrogen-bond donors (Lipinski definition) is 1. The quantitative estimate of drug-likeness (QED) is 0.693. The lowest BCUT2D eigenvalue weighted by molar-refractivity contribution is -0.125. The number of thiophene rings is 1. The number of methoxy groups -OCH3 is 1. The third-order valence-corrected chi connectivity index (χ3v) is 6.89. The van der Waals surface area contributed by atoms with E-state index in [0.717, 1.165) is 36.2 Å². The topological polar surface area (TPSA) is 71.5 Å². The average Bonchev–Trinajstić information content (AvgIpc) is 3.21. The molecule has 28 heavy (non-hydrogen) atoms. The summed E-state index contributed by atoms with van der Waals surface area (Å²) in [6, 6.07) is 9.55. The SMILES string of the molecule is COc1ccccc1CNC(=O)[C@@H]1CCCN(c2nc3ccsc3c(=O)s2)C1. The zero-order valence-electron chi connectivity index (χ0n) is 15.5. The number of nitrogens with one attached hydrogen (secondary N) is 1. The Bertz CT molecular complexity index is 1050. The average molecular weight is 416 g/mol. The predicted molar refractivity (Wildman–Crippen MR) is 114 cm³/mol. The van der Waals surface area contributed by atoms with Gasteiger partial charge in [-0.1, -0.05) is 29.5 Å². The van der Waals surface area contributed by atoms with Crippen LogP contribution in [0, 0.1) is 5.92 Å². The summed E-state index contributed by atoms with van der Waals surface area (Å²) in [6.45, 7) is 1.83. The van der Waals surface area contributed by atoms with Crippen molar-refractivity contribution in [1.29, 1.82) is 0 Å².